The average molecular weight is 261 g/mol. The summed E-state index contributed by atoms with van der Waals surface area (Å²) < 4.78 is 7.38. The molecule has 1 unspecified atom stereocenters. The molecule has 0 saturated carbocycles. The molecule has 0 spiro atoms. The largest absolute Gasteiger partial charge is 0.383 e. The summed E-state index contributed by atoms with van der Waals surface area (Å²) in [6.07, 6.45) is 3.27. The third kappa shape index (κ3) is 3.14. The zero-order valence-corrected chi connectivity index (χ0v) is 11.8. The predicted octanol–water partition coefficient (Wildman–Crippen LogP) is 2.87. The van der Waals surface area contributed by atoms with Crippen molar-refractivity contribution >= 4 is 11.0 Å². The number of imidazole rings is 1. The van der Waals surface area contributed by atoms with E-state index in [-0.39, 0.29) is 6.04 Å². The Bertz CT molecular complexity index is 521. The molecule has 2 N–H and O–H groups in total. The number of aromatic nitrogens is 2. The van der Waals surface area contributed by atoms with Crippen molar-refractivity contribution in [2.24, 2.45) is 5.73 Å². The summed E-state index contributed by atoms with van der Waals surface area (Å²) in [4.78, 5) is 4.70. The second-order valence-electron chi connectivity index (χ2n) is 4.85. The van der Waals surface area contributed by atoms with E-state index in [2.05, 4.69) is 17.6 Å². The van der Waals surface area contributed by atoms with Gasteiger partial charge < -0.3 is 15.0 Å². The Hall–Kier alpha value is -1.39. The molecule has 1 heterocycles. The van der Waals surface area contributed by atoms with Crippen LogP contribution in [0.15, 0.2) is 24.3 Å². The second kappa shape index (κ2) is 6.68. The maximum Gasteiger partial charge on any atom is 0.126 e. The van der Waals surface area contributed by atoms with Gasteiger partial charge in [-0.25, -0.2) is 4.98 Å². The first-order valence-electron chi connectivity index (χ1n) is 6.97. The van der Waals surface area contributed by atoms with E-state index in [4.69, 9.17) is 15.5 Å². The van der Waals surface area contributed by atoms with E-state index in [0.717, 1.165) is 42.7 Å². The summed E-state index contributed by atoms with van der Waals surface area (Å²) in [5.41, 5.74) is 8.45. The Morgan fingerprint density at radius 2 is 2.16 bits per heavy atom. The van der Waals surface area contributed by atoms with Gasteiger partial charge in [0, 0.05) is 13.7 Å². The third-order valence-corrected chi connectivity index (χ3v) is 3.40. The molecule has 0 amide bonds. The van der Waals surface area contributed by atoms with Gasteiger partial charge in [-0.05, 0) is 18.6 Å². The van der Waals surface area contributed by atoms with Gasteiger partial charge in [0.2, 0.25) is 0 Å². The lowest BCUT2D eigenvalue weighted by Gasteiger charge is -2.14. The number of methoxy groups -OCH3 is 1. The molecule has 1 aromatic carbocycles. The van der Waals surface area contributed by atoms with Crippen molar-refractivity contribution in [1.29, 1.82) is 0 Å². The Morgan fingerprint density at radius 3 is 2.89 bits per heavy atom. The minimum atomic E-state index is 0.00389. The van der Waals surface area contributed by atoms with Crippen molar-refractivity contribution in [3.63, 3.8) is 0 Å². The Balaban J connectivity index is 2.34. The summed E-state index contributed by atoms with van der Waals surface area (Å²) in [7, 11) is 1.72. The van der Waals surface area contributed by atoms with Crippen LogP contribution in [0.4, 0.5) is 0 Å². The molecule has 4 nitrogen and oxygen atoms in total. The van der Waals surface area contributed by atoms with E-state index < -0.39 is 0 Å². The molecular formula is C15H23N3O. The highest BCUT2D eigenvalue weighted by molar-refractivity contribution is 5.76. The van der Waals surface area contributed by atoms with Gasteiger partial charge in [-0.1, -0.05) is 31.9 Å². The van der Waals surface area contributed by atoms with Crippen molar-refractivity contribution < 1.29 is 4.74 Å². The van der Waals surface area contributed by atoms with Crippen LogP contribution in [0.1, 0.15) is 38.1 Å². The van der Waals surface area contributed by atoms with Crippen LogP contribution in [-0.4, -0.2) is 23.3 Å². The first-order chi connectivity index (χ1) is 9.27. The predicted molar refractivity (Wildman–Crippen MR) is 78.1 cm³/mol. The number of rotatable bonds is 7. The van der Waals surface area contributed by atoms with Crippen molar-refractivity contribution in [2.45, 2.75) is 38.8 Å². The van der Waals surface area contributed by atoms with Crippen LogP contribution in [0.3, 0.4) is 0 Å². The van der Waals surface area contributed by atoms with Gasteiger partial charge in [0.25, 0.3) is 0 Å². The first kappa shape index (κ1) is 14.0. The molecule has 0 aliphatic carbocycles. The molecule has 4 heteroatoms. The molecule has 0 radical (unpaired) electrons. The lowest BCUT2D eigenvalue weighted by molar-refractivity contribution is 0.187. The van der Waals surface area contributed by atoms with Gasteiger partial charge in [0.05, 0.1) is 23.7 Å². The maximum atomic E-state index is 6.29. The Labute approximate surface area is 114 Å². The van der Waals surface area contributed by atoms with Crippen LogP contribution in [0, 0.1) is 0 Å². The highest BCUT2D eigenvalue weighted by atomic mass is 16.5. The molecule has 19 heavy (non-hydrogen) atoms. The van der Waals surface area contributed by atoms with Crippen LogP contribution < -0.4 is 5.73 Å². The maximum absolute atomic E-state index is 6.29. The third-order valence-electron chi connectivity index (χ3n) is 3.40. The van der Waals surface area contributed by atoms with Gasteiger partial charge in [-0.3, -0.25) is 0 Å². The van der Waals surface area contributed by atoms with Crippen LogP contribution in [-0.2, 0) is 11.3 Å². The molecule has 0 bridgehead atoms. The Morgan fingerprint density at radius 1 is 1.37 bits per heavy atom. The van der Waals surface area contributed by atoms with Gasteiger partial charge in [0.15, 0.2) is 0 Å². The number of nitrogens with zero attached hydrogens (tertiary/aromatic N) is 2. The lowest BCUT2D eigenvalue weighted by atomic mass is 10.1. The minimum Gasteiger partial charge on any atom is -0.383 e. The van der Waals surface area contributed by atoms with Crippen LogP contribution in [0.5, 0.6) is 0 Å². The van der Waals surface area contributed by atoms with Crippen molar-refractivity contribution in [2.75, 3.05) is 13.7 Å². The highest BCUT2D eigenvalue weighted by Crippen LogP contribution is 2.22. The summed E-state index contributed by atoms with van der Waals surface area (Å²) in [5, 5.41) is 0. The molecule has 0 saturated heterocycles. The zero-order valence-electron chi connectivity index (χ0n) is 11.8. The van der Waals surface area contributed by atoms with E-state index in [1.54, 1.807) is 7.11 Å². The number of hydrogen-bond acceptors (Lipinski definition) is 3. The molecule has 1 aromatic heterocycles. The van der Waals surface area contributed by atoms with Crippen LogP contribution in [0.25, 0.3) is 11.0 Å². The van der Waals surface area contributed by atoms with E-state index in [9.17, 15) is 0 Å². The zero-order chi connectivity index (χ0) is 13.7. The number of benzene rings is 1. The number of para-hydroxylation sites is 2. The number of nitrogens with two attached hydrogens (primary N) is 1. The van der Waals surface area contributed by atoms with Crippen LogP contribution in [0.2, 0.25) is 0 Å². The summed E-state index contributed by atoms with van der Waals surface area (Å²) in [6.45, 7) is 3.65. The van der Waals surface area contributed by atoms with Gasteiger partial charge in [-0.15, -0.1) is 0 Å². The van der Waals surface area contributed by atoms with Crippen molar-refractivity contribution in [3.05, 3.63) is 30.1 Å². The van der Waals surface area contributed by atoms with Gasteiger partial charge in [-0.2, -0.15) is 0 Å². The number of unbranched alkanes of at least 4 members (excludes halogenated alkanes) is 1. The lowest BCUT2D eigenvalue weighted by Crippen LogP contribution is -2.18. The van der Waals surface area contributed by atoms with E-state index in [0.29, 0.717) is 6.61 Å². The van der Waals surface area contributed by atoms with Crippen molar-refractivity contribution in [1.82, 2.24) is 9.55 Å². The molecule has 0 aliphatic heterocycles. The molecule has 0 aliphatic rings. The highest BCUT2D eigenvalue weighted by Gasteiger charge is 2.16. The average Bonchev–Trinajstić information content (AvgIpc) is 2.81. The van der Waals surface area contributed by atoms with Crippen molar-refractivity contribution in [3.8, 4) is 0 Å². The summed E-state index contributed by atoms with van der Waals surface area (Å²) in [5.74, 6) is 0.978. The van der Waals surface area contributed by atoms with Crippen LogP contribution >= 0.6 is 0 Å². The first-order valence-corrected chi connectivity index (χ1v) is 6.97. The fourth-order valence-electron chi connectivity index (χ4n) is 2.35. The number of fused-ring (bicyclic) bond motifs is 1. The smallest absolute Gasteiger partial charge is 0.126 e. The minimum absolute atomic E-state index is 0.00389. The molecule has 2 aromatic rings. The second-order valence-corrected chi connectivity index (χ2v) is 4.85. The van der Waals surface area contributed by atoms with Gasteiger partial charge >= 0.3 is 0 Å². The molecule has 0 fully saturated rings. The number of ether oxygens (including phenoxy) is 1. The molecular weight excluding hydrogens is 238 g/mol. The summed E-state index contributed by atoms with van der Waals surface area (Å²) in [6, 6.07) is 8.18. The fraction of sp³-hybridized carbons (Fsp3) is 0.533. The monoisotopic (exact) mass is 261 g/mol. The quantitative estimate of drug-likeness (QED) is 0.833. The van der Waals surface area contributed by atoms with E-state index >= 15 is 0 Å². The van der Waals surface area contributed by atoms with E-state index in [1.165, 1.54) is 0 Å². The molecule has 2 rings (SSSR count). The normalized spacial score (nSPS) is 13.0. The topological polar surface area (TPSA) is 53.1 Å². The van der Waals surface area contributed by atoms with E-state index in [1.807, 2.05) is 18.2 Å². The summed E-state index contributed by atoms with van der Waals surface area (Å²) >= 11 is 0. The molecule has 1 atom stereocenters. The van der Waals surface area contributed by atoms with Gasteiger partial charge in [0.1, 0.15) is 5.82 Å². The number of hydrogen-bond donors (Lipinski definition) is 1. The Kier molecular flexibility index (Phi) is 4.93. The fourth-order valence-corrected chi connectivity index (χ4v) is 2.35. The molecule has 104 valence electrons. The SMILES string of the molecule is CCCCC(N)c1nc2ccccc2n1CCOC. The standard InChI is InChI=1S/C15H23N3O/c1-3-4-7-12(16)15-17-13-8-5-6-9-14(13)18(15)10-11-19-2/h5-6,8-9,12H,3-4,7,10-11,16H2,1-2H3.